The van der Waals surface area contributed by atoms with Crippen LogP contribution < -0.4 is 0 Å². The van der Waals surface area contributed by atoms with Gasteiger partial charge >= 0.3 is 0 Å². The van der Waals surface area contributed by atoms with Crippen LogP contribution in [0.2, 0.25) is 0 Å². The Hall–Kier alpha value is -2.09. The highest BCUT2D eigenvalue weighted by molar-refractivity contribution is 5.97. The highest BCUT2D eigenvalue weighted by Gasteiger charge is 2.12. The van der Waals surface area contributed by atoms with Crippen molar-refractivity contribution in [1.29, 1.82) is 0 Å². The summed E-state index contributed by atoms with van der Waals surface area (Å²) in [4.78, 5) is 11.5. The Morgan fingerprint density at radius 2 is 1.83 bits per heavy atom. The summed E-state index contributed by atoms with van der Waals surface area (Å²) in [5, 5.41) is 10.1. The molecule has 0 saturated heterocycles. The van der Waals surface area contributed by atoms with Gasteiger partial charge in [0, 0.05) is 6.42 Å². The summed E-state index contributed by atoms with van der Waals surface area (Å²) in [6.45, 7) is 3.40. The molecule has 0 fully saturated rings. The normalized spacial score (nSPS) is 10.3. The molecule has 2 rings (SSSR count). The summed E-state index contributed by atoms with van der Waals surface area (Å²) in [7, 11) is 0. The highest BCUT2D eigenvalue weighted by Crippen LogP contribution is 2.27. The molecule has 0 spiro atoms. The Labute approximate surface area is 107 Å². The minimum atomic E-state index is -0.106. The van der Waals surface area contributed by atoms with Crippen molar-refractivity contribution >= 4 is 5.78 Å². The molecule has 0 atom stereocenters. The highest BCUT2D eigenvalue weighted by atomic mass is 16.3. The van der Waals surface area contributed by atoms with Crippen molar-refractivity contribution in [3.05, 3.63) is 64.7 Å². The van der Waals surface area contributed by atoms with Crippen molar-refractivity contribution in [2.24, 2.45) is 0 Å². The van der Waals surface area contributed by atoms with Crippen LogP contribution in [-0.4, -0.2) is 10.9 Å². The van der Waals surface area contributed by atoms with Gasteiger partial charge in [-0.3, -0.25) is 4.79 Å². The molecule has 0 saturated carbocycles. The van der Waals surface area contributed by atoms with Crippen LogP contribution in [-0.2, 0) is 6.42 Å². The number of carbonyl (C=O) groups is 1. The largest absolute Gasteiger partial charge is 0.507 e. The zero-order valence-electron chi connectivity index (χ0n) is 10.6. The number of carbonyl (C=O) groups excluding carboxylic acids is 1. The van der Waals surface area contributed by atoms with Gasteiger partial charge in [0.25, 0.3) is 0 Å². The third kappa shape index (κ3) is 2.59. The van der Waals surface area contributed by atoms with Gasteiger partial charge in [-0.25, -0.2) is 0 Å². The fourth-order valence-electron chi connectivity index (χ4n) is 2.07. The molecule has 2 heteroatoms. The molecule has 2 aromatic carbocycles. The number of ketones is 1. The molecule has 0 heterocycles. The van der Waals surface area contributed by atoms with Crippen molar-refractivity contribution in [3.63, 3.8) is 0 Å². The van der Waals surface area contributed by atoms with Gasteiger partial charge in [-0.2, -0.15) is 0 Å². The Morgan fingerprint density at radius 3 is 2.44 bits per heavy atom. The molecule has 0 bridgehead atoms. The number of rotatable bonds is 3. The van der Waals surface area contributed by atoms with Gasteiger partial charge in [0.2, 0.25) is 0 Å². The third-order valence-corrected chi connectivity index (χ3v) is 2.95. The first-order valence-corrected chi connectivity index (χ1v) is 5.95. The zero-order chi connectivity index (χ0) is 13.1. The van der Waals surface area contributed by atoms with E-state index in [1.807, 2.05) is 43.3 Å². The van der Waals surface area contributed by atoms with Crippen LogP contribution in [0, 0.1) is 6.92 Å². The predicted octanol–water partition coefficient (Wildman–Crippen LogP) is 3.49. The van der Waals surface area contributed by atoms with E-state index >= 15 is 0 Å². The summed E-state index contributed by atoms with van der Waals surface area (Å²) >= 11 is 0. The summed E-state index contributed by atoms with van der Waals surface area (Å²) in [6, 6.07) is 13.6. The minimum absolute atomic E-state index is 0.106. The molecule has 0 aliphatic rings. The topological polar surface area (TPSA) is 37.3 Å². The molecular formula is C16H16O2. The Kier molecular flexibility index (Phi) is 3.47. The van der Waals surface area contributed by atoms with E-state index in [4.69, 9.17) is 0 Å². The van der Waals surface area contributed by atoms with E-state index in [9.17, 15) is 9.90 Å². The smallest absolute Gasteiger partial charge is 0.163 e. The number of benzene rings is 2. The van der Waals surface area contributed by atoms with Gasteiger partial charge in [-0.1, -0.05) is 36.4 Å². The fourth-order valence-corrected chi connectivity index (χ4v) is 2.07. The van der Waals surface area contributed by atoms with Crippen LogP contribution in [0.4, 0.5) is 0 Å². The van der Waals surface area contributed by atoms with Crippen molar-refractivity contribution in [1.82, 2.24) is 0 Å². The summed E-state index contributed by atoms with van der Waals surface area (Å²) in [5.74, 6) is 0.00228. The van der Waals surface area contributed by atoms with E-state index < -0.39 is 0 Å². The molecule has 18 heavy (non-hydrogen) atoms. The molecule has 92 valence electrons. The van der Waals surface area contributed by atoms with E-state index in [1.165, 1.54) is 6.92 Å². The molecule has 0 aliphatic carbocycles. The summed E-state index contributed by atoms with van der Waals surface area (Å²) < 4.78 is 0. The van der Waals surface area contributed by atoms with Crippen LogP contribution in [0.25, 0.3) is 0 Å². The lowest BCUT2D eigenvalue weighted by atomic mass is 9.97. The number of aromatic hydroxyl groups is 1. The third-order valence-electron chi connectivity index (χ3n) is 2.95. The molecular weight excluding hydrogens is 224 g/mol. The van der Waals surface area contributed by atoms with E-state index in [0.29, 0.717) is 12.0 Å². The van der Waals surface area contributed by atoms with Crippen LogP contribution in [0.15, 0.2) is 42.5 Å². The van der Waals surface area contributed by atoms with E-state index in [1.54, 1.807) is 6.07 Å². The molecule has 2 aromatic rings. The standard InChI is InChI=1S/C16H16O2/c1-11-8-14(10-13-6-4-3-5-7-13)16(18)15(9-11)12(2)17/h3-9,18H,10H2,1-2H3. The van der Waals surface area contributed by atoms with E-state index in [2.05, 4.69) is 0 Å². The number of hydrogen-bond acceptors (Lipinski definition) is 2. The van der Waals surface area contributed by atoms with Crippen molar-refractivity contribution < 1.29 is 9.90 Å². The Balaban J connectivity index is 2.42. The molecule has 0 aromatic heterocycles. The van der Waals surface area contributed by atoms with Gasteiger partial charge in [0.1, 0.15) is 5.75 Å². The monoisotopic (exact) mass is 240 g/mol. The SMILES string of the molecule is CC(=O)c1cc(C)cc(Cc2ccccc2)c1O. The number of aryl methyl sites for hydroxylation is 1. The maximum Gasteiger partial charge on any atom is 0.163 e. The Morgan fingerprint density at radius 1 is 1.17 bits per heavy atom. The molecule has 1 N–H and O–H groups in total. The number of hydrogen-bond donors (Lipinski definition) is 1. The second kappa shape index (κ2) is 5.05. The quantitative estimate of drug-likeness (QED) is 0.834. The second-order valence-electron chi connectivity index (χ2n) is 4.54. The number of Topliss-reactive ketones (excluding diaryl/α,β-unsaturated/α-hetero) is 1. The van der Waals surface area contributed by atoms with Crippen LogP contribution in [0.1, 0.15) is 34.0 Å². The van der Waals surface area contributed by atoms with Gasteiger partial charge in [0.05, 0.1) is 5.56 Å². The lowest BCUT2D eigenvalue weighted by molar-refractivity contribution is 0.101. The summed E-state index contributed by atoms with van der Waals surface area (Å²) in [6.07, 6.45) is 0.634. The van der Waals surface area contributed by atoms with Crippen LogP contribution in [0.5, 0.6) is 5.75 Å². The molecule has 0 aliphatic heterocycles. The summed E-state index contributed by atoms with van der Waals surface area (Å²) in [5.41, 5.74) is 3.31. The van der Waals surface area contributed by atoms with Crippen molar-refractivity contribution in [3.8, 4) is 5.75 Å². The first-order chi connectivity index (χ1) is 8.58. The number of phenols is 1. The molecule has 0 amide bonds. The fraction of sp³-hybridized carbons (Fsp3) is 0.188. The first kappa shape index (κ1) is 12.4. The van der Waals surface area contributed by atoms with E-state index in [0.717, 1.165) is 16.7 Å². The van der Waals surface area contributed by atoms with Gasteiger partial charge < -0.3 is 5.11 Å². The second-order valence-corrected chi connectivity index (χ2v) is 4.54. The van der Waals surface area contributed by atoms with Gasteiger partial charge in [-0.05, 0) is 36.6 Å². The van der Waals surface area contributed by atoms with Crippen LogP contribution in [0.3, 0.4) is 0 Å². The maximum atomic E-state index is 11.5. The van der Waals surface area contributed by atoms with Crippen molar-refractivity contribution in [2.45, 2.75) is 20.3 Å². The Bertz CT molecular complexity index is 571. The average Bonchev–Trinajstić information content (AvgIpc) is 2.34. The molecule has 2 nitrogen and oxygen atoms in total. The lowest BCUT2D eigenvalue weighted by Crippen LogP contribution is -1.98. The number of phenolic OH excluding ortho intramolecular Hbond substituents is 1. The molecule has 0 radical (unpaired) electrons. The van der Waals surface area contributed by atoms with Crippen LogP contribution >= 0.6 is 0 Å². The first-order valence-electron chi connectivity index (χ1n) is 5.95. The molecule has 0 unspecified atom stereocenters. The zero-order valence-corrected chi connectivity index (χ0v) is 10.6. The van der Waals surface area contributed by atoms with Gasteiger partial charge in [-0.15, -0.1) is 0 Å². The predicted molar refractivity (Wildman–Crippen MR) is 72.1 cm³/mol. The maximum absolute atomic E-state index is 11.5. The lowest BCUT2D eigenvalue weighted by Gasteiger charge is -2.10. The van der Waals surface area contributed by atoms with Gasteiger partial charge in [0.15, 0.2) is 5.78 Å². The average molecular weight is 240 g/mol. The van der Waals surface area contributed by atoms with Crippen molar-refractivity contribution in [2.75, 3.05) is 0 Å². The minimum Gasteiger partial charge on any atom is -0.507 e. The van der Waals surface area contributed by atoms with E-state index in [-0.39, 0.29) is 11.5 Å².